The summed E-state index contributed by atoms with van der Waals surface area (Å²) >= 11 is 0. The van der Waals surface area contributed by atoms with E-state index in [1.807, 2.05) is 6.92 Å². The lowest BCUT2D eigenvalue weighted by atomic mass is 10.00. The van der Waals surface area contributed by atoms with Crippen molar-refractivity contribution in [1.29, 1.82) is 0 Å². The lowest BCUT2D eigenvalue weighted by Gasteiger charge is -2.21. The minimum absolute atomic E-state index is 0.222. The number of halogens is 1. The van der Waals surface area contributed by atoms with Gasteiger partial charge in [0.1, 0.15) is 0 Å². The number of likely N-dealkylation sites (N-methyl/N-ethyl adjacent to an activating group) is 1. The molecule has 0 radical (unpaired) electrons. The number of aliphatic hydroxyl groups excluding tert-OH is 1. The van der Waals surface area contributed by atoms with E-state index in [-0.39, 0.29) is 6.04 Å². The molecule has 2 N–H and O–H groups in total. The molecule has 17 heavy (non-hydrogen) atoms. The summed E-state index contributed by atoms with van der Waals surface area (Å²) < 4.78 is 13.1. The van der Waals surface area contributed by atoms with Gasteiger partial charge in [0.05, 0.1) is 11.0 Å². The smallest absolute Gasteiger partial charge is 0.305 e. The number of hydrogen-bond acceptors (Lipinski definition) is 4. The predicted octanol–water partition coefficient (Wildman–Crippen LogP) is 1.77. The van der Waals surface area contributed by atoms with Gasteiger partial charge < -0.3 is 10.4 Å². The molecule has 1 rings (SSSR count). The largest absolute Gasteiger partial charge is 0.387 e. The highest BCUT2D eigenvalue weighted by Gasteiger charge is 2.22. The second kappa shape index (κ2) is 5.70. The zero-order valence-corrected chi connectivity index (χ0v) is 9.68. The number of nitro groups is 1. The van der Waals surface area contributed by atoms with Crippen molar-refractivity contribution in [3.63, 3.8) is 0 Å². The van der Waals surface area contributed by atoms with Crippen LogP contribution in [-0.4, -0.2) is 23.1 Å². The molecule has 0 heterocycles. The number of benzene rings is 1. The molecule has 0 saturated heterocycles. The van der Waals surface area contributed by atoms with Crippen molar-refractivity contribution in [3.8, 4) is 0 Å². The van der Waals surface area contributed by atoms with E-state index >= 15 is 0 Å². The van der Waals surface area contributed by atoms with E-state index in [9.17, 15) is 19.6 Å². The molecule has 0 aliphatic carbocycles. The zero-order valence-electron chi connectivity index (χ0n) is 9.68. The van der Waals surface area contributed by atoms with Crippen molar-refractivity contribution in [2.75, 3.05) is 7.05 Å². The first-order chi connectivity index (χ1) is 8.01. The number of rotatable bonds is 5. The fourth-order valence-corrected chi connectivity index (χ4v) is 1.67. The maximum atomic E-state index is 13.1. The molecule has 0 aliphatic heterocycles. The van der Waals surface area contributed by atoms with Crippen LogP contribution in [0, 0.1) is 15.9 Å². The summed E-state index contributed by atoms with van der Waals surface area (Å²) in [5.41, 5.74) is -0.285. The third-order valence-corrected chi connectivity index (χ3v) is 2.70. The summed E-state index contributed by atoms with van der Waals surface area (Å²) in [4.78, 5) is 9.77. The van der Waals surface area contributed by atoms with Crippen LogP contribution in [0.1, 0.15) is 25.0 Å². The van der Waals surface area contributed by atoms with Gasteiger partial charge in [-0.15, -0.1) is 0 Å². The van der Waals surface area contributed by atoms with Crippen molar-refractivity contribution < 1.29 is 14.4 Å². The Morgan fingerprint density at radius 1 is 1.59 bits per heavy atom. The molecule has 0 fully saturated rings. The summed E-state index contributed by atoms with van der Waals surface area (Å²) in [5, 5.41) is 23.4. The van der Waals surface area contributed by atoms with Gasteiger partial charge in [-0.2, -0.15) is 4.39 Å². The van der Waals surface area contributed by atoms with E-state index in [1.165, 1.54) is 6.07 Å². The van der Waals surface area contributed by atoms with Crippen LogP contribution in [0.15, 0.2) is 18.2 Å². The Morgan fingerprint density at radius 3 is 2.71 bits per heavy atom. The summed E-state index contributed by atoms with van der Waals surface area (Å²) in [6, 6.07) is 3.20. The summed E-state index contributed by atoms with van der Waals surface area (Å²) in [6.07, 6.45) is -0.243. The zero-order chi connectivity index (χ0) is 13.0. The van der Waals surface area contributed by atoms with Crippen molar-refractivity contribution >= 4 is 5.69 Å². The molecular formula is C11H15FN2O3. The van der Waals surface area contributed by atoms with Crippen molar-refractivity contribution in [3.05, 3.63) is 39.7 Å². The van der Waals surface area contributed by atoms with E-state index in [1.54, 1.807) is 7.05 Å². The minimum atomic E-state index is -0.900. The van der Waals surface area contributed by atoms with Crippen molar-refractivity contribution in [2.24, 2.45) is 0 Å². The van der Waals surface area contributed by atoms with Crippen LogP contribution in [0.4, 0.5) is 10.1 Å². The van der Waals surface area contributed by atoms with E-state index in [4.69, 9.17) is 0 Å². The molecule has 0 aliphatic rings. The lowest BCUT2D eigenvalue weighted by molar-refractivity contribution is -0.387. The molecule has 0 spiro atoms. The Kier molecular flexibility index (Phi) is 4.53. The van der Waals surface area contributed by atoms with Crippen LogP contribution >= 0.6 is 0 Å². The Morgan fingerprint density at radius 2 is 2.24 bits per heavy atom. The summed E-state index contributed by atoms with van der Waals surface area (Å²) in [5.74, 6) is -0.900. The summed E-state index contributed by atoms with van der Waals surface area (Å²) in [6.45, 7) is 1.88. The monoisotopic (exact) mass is 242 g/mol. The number of nitro benzene ring substituents is 1. The van der Waals surface area contributed by atoms with E-state index in [0.717, 1.165) is 12.1 Å². The van der Waals surface area contributed by atoms with Crippen LogP contribution in [-0.2, 0) is 0 Å². The molecule has 1 aromatic rings. The van der Waals surface area contributed by atoms with Gasteiger partial charge in [0.15, 0.2) is 0 Å². The lowest BCUT2D eigenvalue weighted by Crippen LogP contribution is -2.31. The first-order valence-corrected chi connectivity index (χ1v) is 5.30. The van der Waals surface area contributed by atoms with E-state index < -0.39 is 22.5 Å². The molecule has 94 valence electrons. The standard InChI is InChI=1S/C11H15FN2O3/c1-3-9(13-2)11(15)7-4-5-8(12)10(6-7)14(16)17/h4-6,9,11,13,15H,3H2,1-2H3. The Bertz CT molecular complexity index is 408. The minimum Gasteiger partial charge on any atom is -0.387 e. The van der Waals surface area contributed by atoms with Crippen LogP contribution in [0.5, 0.6) is 0 Å². The van der Waals surface area contributed by atoms with Crippen LogP contribution in [0.3, 0.4) is 0 Å². The average Bonchev–Trinajstić information content (AvgIpc) is 2.30. The number of nitrogens with one attached hydrogen (secondary N) is 1. The molecule has 0 amide bonds. The molecule has 0 bridgehead atoms. The predicted molar refractivity (Wildman–Crippen MR) is 61.2 cm³/mol. The number of nitrogens with zero attached hydrogens (tertiary/aromatic N) is 1. The first kappa shape index (κ1) is 13.5. The quantitative estimate of drug-likeness (QED) is 0.609. The van der Waals surface area contributed by atoms with E-state index in [0.29, 0.717) is 12.0 Å². The maximum Gasteiger partial charge on any atom is 0.305 e. The molecule has 5 nitrogen and oxygen atoms in total. The number of hydrogen-bond donors (Lipinski definition) is 2. The second-order valence-corrected chi connectivity index (χ2v) is 3.72. The van der Waals surface area contributed by atoms with Crippen molar-refractivity contribution in [2.45, 2.75) is 25.5 Å². The fourth-order valence-electron chi connectivity index (χ4n) is 1.67. The van der Waals surface area contributed by atoms with E-state index in [2.05, 4.69) is 5.32 Å². The topological polar surface area (TPSA) is 75.4 Å². The highest BCUT2D eigenvalue weighted by atomic mass is 19.1. The van der Waals surface area contributed by atoms with Gasteiger partial charge in [-0.1, -0.05) is 13.0 Å². The van der Waals surface area contributed by atoms with Gasteiger partial charge in [0.2, 0.25) is 5.82 Å². The Hall–Kier alpha value is -1.53. The van der Waals surface area contributed by atoms with Gasteiger partial charge in [0.25, 0.3) is 0 Å². The van der Waals surface area contributed by atoms with Crippen LogP contribution in [0.25, 0.3) is 0 Å². The van der Waals surface area contributed by atoms with Gasteiger partial charge in [-0.25, -0.2) is 0 Å². The molecule has 0 aromatic heterocycles. The molecule has 1 aromatic carbocycles. The second-order valence-electron chi connectivity index (χ2n) is 3.72. The molecular weight excluding hydrogens is 227 g/mol. The Labute approximate surface area is 98.4 Å². The van der Waals surface area contributed by atoms with Gasteiger partial charge >= 0.3 is 5.69 Å². The highest BCUT2D eigenvalue weighted by molar-refractivity contribution is 5.37. The fraction of sp³-hybridized carbons (Fsp3) is 0.455. The molecule has 2 unspecified atom stereocenters. The summed E-state index contributed by atoms with van der Waals surface area (Å²) in [7, 11) is 1.69. The maximum absolute atomic E-state index is 13.1. The first-order valence-electron chi connectivity index (χ1n) is 5.30. The molecule has 6 heteroatoms. The molecule has 2 atom stereocenters. The van der Waals surface area contributed by atoms with Gasteiger partial charge in [-0.05, 0) is 25.1 Å². The SMILES string of the molecule is CCC(NC)C(O)c1ccc(F)c([N+](=O)[O-])c1. The Balaban J connectivity index is 3.06. The third kappa shape index (κ3) is 2.98. The van der Waals surface area contributed by atoms with Gasteiger partial charge in [0, 0.05) is 12.1 Å². The van der Waals surface area contributed by atoms with Crippen molar-refractivity contribution in [1.82, 2.24) is 5.32 Å². The average molecular weight is 242 g/mol. The number of aliphatic hydroxyl groups is 1. The third-order valence-electron chi connectivity index (χ3n) is 2.70. The normalized spacial score (nSPS) is 14.4. The van der Waals surface area contributed by atoms with Gasteiger partial charge in [-0.3, -0.25) is 10.1 Å². The van der Waals surface area contributed by atoms with Crippen LogP contribution < -0.4 is 5.32 Å². The molecule has 0 saturated carbocycles. The van der Waals surface area contributed by atoms with Crippen LogP contribution in [0.2, 0.25) is 0 Å². The highest BCUT2D eigenvalue weighted by Crippen LogP contribution is 2.25.